The molecule has 8 nitrogen and oxygen atoms in total. The van der Waals surface area contributed by atoms with Crippen LogP contribution in [0.2, 0.25) is 0 Å². The van der Waals surface area contributed by atoms with E-state index in [-0.39, 0.29) is 16.9 Å². The summed E-state index contributed by atoms with van der Waals surface area (Å²) in [6, 6.07) is 10.0. The van der Waals surface area contributed by atoms with E-state index in [1.165, 1.54) is 26.7 Å². The quantitative estimate of drug-likeness (QED) is 0.234. The van der Waals surface area contributed by atoms with E-state index in [0.29, 0.717) is 35.0 Å². The fourth-order valence-corrected chi connectivity index (χ4v) is 4.19. The Hall–Kier alpha value is -3.33. The maximum absolute atomic E-state index is 12.9. The Morgan fingerprint density at radius 2 is 1.77 bits per heavy atom. The van der Waals surface area contributed by atoms with Crippen molar-refractivity contribution >= 4 is 44.4 Å². The van der Waals surface area contributed by atoms with Crippen molar-refractivity contribution in [1.82, 2.24) is 4.57 Å². The number of rotatable bonds is 12. The standard InChI is InChI=1S/C26H29BrN2O6/c1-17(30)28-18-12-19(14-21(13-18)34-2)29-16-23(26(32)33)25(31)22-9-8-20(15-24(22)29)35-11-7-5-3-4-6-10-27/h8-9,12-16H,3-7,10-11H2,1-2H3,(H,28,30)(H,32,33). The number of carboxylic acids is 1. The van der Waals surface area contributed by atoms with Gasteiger partial charge in [0.2, 0.25) is 11.3 Å². The van der Waals surface area contributed by atoms with Gasteiger partial charge in [0, 0.05) is 47.7 Å². The molecule has 0 radical (unpaired) electrons. The zero-order valence-electron chi connectivity index (χ0n) is 19.8. The van der Waals surface area contributed by atoms with E-state index in [2.05, 4.69) is 21.2 Å². The Labute approximate surface area is 212 Å². The second kappa shape index (κ2) is 12.4. The Balaban J connectivity index is 2.02. The van der Waals surface area contributed by atoms with Crippen molar-refractivity contribution in [3.05, 3.63) is 58.4 Å². The third-order valence-corrected chi connectivity index (χ3v) is 6.04. The number of hydrogen-bond donors (Lipinski definition) is 2. The van der Waals surface area contributed by atoms with Crippen LogP contribution >= 0.6 is 15.9 Å². The highest BCUT2D eigenvalue weighted by Gasteiger charge is 2.17. The molecule has 0 aliphatic rings. The monoisotopic (exact) mass is 544 g/mol. The summed E-state index contributed by atoms with van der Waals surface area (Å²) in [5.74, 6) is -0.541. The van der Waals surface area contributed by atoms with Gasteiger partial charge in [0.15, 0.2) is 0 Å². The first-order valence-corrected chi connectivity index (χ1v) is 12.5. The molecule has 0 spiro atoms. The molecule has 0 saturated heterocycles. The number of carboxylic acid groups (broad SMARTS) is 1. The van der Waals surface area contributed by atoms with Crippen LogP contribution in [0.4, 0.5) is 5.69 Å². The van der Waals surface area contributed by atoms with Crippen LogP contribution in [-0.4, -0.2) is 40.6 Å². The second-order valence-electron chi connectivity index (χ2n) is 8.13. The Bertz CT molecular complexity index is 1270. The minimum absolute atomic E-state index is 0.246. The number of carbonyl (C=O) groups excluding carboxylic acids is 1. The van der Waals surface area contributed by atoms with Crippen molar-refractivity contribution in [2.45, 2.75) is 39.0 Å². The lowest BCUT2D eigenvalue weighted by Gasteiger charge is -2.16. The molecule has 0 atom stereocenters. The number of nitrogens with zero attached hydrogens (tertiary/aromatic N) is 1. The highest BCUT2D eigenvalue weighted by atomic mass is 79.9. The van der Waals surface area contributed by atoms with Crippen LogP contribution in [0.15, 0.2) is 47.4 Å². The van der Waals surface area contributed by atoms with Crippen LogP contribution in [-0.2, 0) is 4.79 Å². The van der Waals surface area contributed by atoms with Crippen molar-refractivity contribution < 1.29 is 24.2 Å². The maximum Gasteiger partial charge on any atom is 0.341 e. The van der Waals surface area contributed by atoms with Gasteiger partial charge in [-0.05, 0) is 31.0 Å². The van der Waals surface area contributed by atoms with Crippen molar-refractivity contribution in [3.8, 4) is 17.2 Å². The lowest BCUT2D eigenvalue weighted by atomic mass is 10.1. The van der Waals surface area contributed by atoms with Crippen molar-refractivity contribution in [1.29, 1.82) is 0 Å². The van der Waals surface area contributed by atoms with Crippen LogP contribution in [0.3, 0.4) is 0 Å². The molecule has 1 heterocycles. The summed E-state index contributed by atoms with van der Waals surface area (Å²) in [4.78, 5) is 36.3. The predicted molar refractivity (Wildman–Crippen MR) is 140 cm³/mol. The Morgan fingerprint density at radius 3 is 2.46 bits per heavy atom. The van der Waals surface area contributed by atoms with E-state index < -0.39 is 11.4 Å². The molecule has 0 aliphatic carbocycles. The van der Waals surface area contributed by atoms with Crippen LogP contribution in [0.1, 0.15) is 49.4 Å². The number of benzene rings is 2. The first-order chi connectivity index (χ1) is 16.8. The summed E-state index contributed by atoms with van der Waals surface area (Å²) < 4.78 is 12.9. The van der Waals surface area contributed by atoms with Gasteiger partial charge in [-0.15, -0.1) is 0 Å². The minimum atomic E-state index is -1.32. The number of halogens is 1. The smallest absolute Gasteiger partial charge is 0.341 e. The highest BCUT2D eigenvalue weighted by molar-refractivity contribution is 9.09. The van der Waals surface area contributed by atoms with Gasteiger partial charge in [-0.1, -0.05) is 35.2 Å². The number of unbranched alkanes of at least 4 members (excludes halogenated alkanes) is 4. The number of carbonyl (C=O) groups is 2. The van der Waals surface area contributed by atoms with Crippen LogP contribution < -0.4 is 20.2 Å². The molecule has 35 heavy (non-hydrogen) atoms. The van der Waals surface area contributed by atoms with Gasteiger partial charge in [-0.2, -0.15) is 0 Å². The zero-order valence-corrected chi connectivity index (χ0v) is 21.4. The van der Waals surface area contributed by atoms with E-state index >= 15 is 0 Å². The molecule has 1 amide bonds. The van der Waals surface area contributed by atoms with Gasteiger partial charge < -0.3 is 24.5 Å². The third-order valence-electron chi connectivity index (χ3n) is 5.48. The molecule has 0 saturated carbocycles. The van der Waals surface area contributed by atoms with Crippen LogP contribution in [0.25, 0.3) is 16.6 Å². The minimum Gasteiger partial charge on any atom is -0.497 e. The molecule has 0 aliphatic heterocycles. The molecule has 0 fully saturated rings. The number of fused-ring (bicyclic) bond motifs is 1. The Morgan fingerprint density at radius 1 is 1.03 bits per heavy atom. The van der Waals surface area contributed by atoms with Crippen molar-refractivity contribution in [2.75, 3.05) is 24.4 Å². The topological polar surface area (TPSA) is 107 Å². The van der Waals surface area contributed by atoms with Crippen molar-refractivity contribution in [3.63, 3.8) is 0 Å². The van der Waals surface area contributed by atoms with Gasteiger partial charge in [0.05, 0.1) is 24.9 Å². The number of anilines is 1. The molecule has 2 N–H and O–H groups in total. The van der Waals surface area contributed by atoms with E-state index in [0.717, 1.165) is 31.0 Å². The number of hydrogen-bond acceptors (Lipinski definition) is 5. The van der Waals surface area contributed by atoms with Gasteiger partial charge >= 0.3 is 5.97 Å². The first kappa shape index (κ1) is 26.3. The molecule has 3 rings (SSSR count). The highest BCUT2D eigenvalue weighted by Crippen LogP contribution is 2.28. The number of methoxy groups -OCH3 is 1. The summed E-state index contributed by atoms with van der Waals surface area (Å²) in [5.41, 5.74) is 0.537. The van der Waals surface area contributed by atoms with Crippen LogP contribution in [0, 0.1) is 0 Å². The summed E-state index contributed by atoms with van der Waals surface area (Å²) in [7, 11) is 1.49. The average molecular weight is 545 g/mol. The molecule has 3 aromatic rings. The zero-order chi connectivity index (χ0) is 25.4. The summed E-state index contributed by atoms with van der Waals surface area (Å²) in [6.45, 7) is 1.94. The van der Waals surface area contributed by atoms with Crippen LogP contribution in [0.5, 0.6) is 11.5 Å². The van der Waals surface area contributed by atoms with Gasteiger partial charge in [0.25, 0.3) is 0 Å². The molecule has 1 aromatic heterocycles. The first-order valence-electron chi connectivity index (χ1n) is 11.4. The molecule has 0 bridgehead atoms. The maximum atomic E-state index is 12.9. The number of pyridine rings is 1. The van der Waals surface area contributed by atoms with Gasteiger partial charge in [-0.3, -0.25) is 9.59 Å². The lowest BCUT2D eigenvalue weighted by molar-refractivity contribution is -0.114. The normalized spacial score (nSPS) is 10.8. The SMILES string of the molecule is COc1cc(NC(C)=O)cc(-n2cc(C(=O)O)c(=O)c3ccc(OCCCCCCCBr)cc32)c1. The number of amides is 1. The number of nitrogens with one attached hydrogen (secondary N) is 1. The van der Waals surface area contributed by atoms with E-state index in [1.54, 1.807) is 41.0 Å². The third kappa shape index (κ3) is 6.85. The van der Waals surface area contributed by atoms with Gasteiger partial charge in [-0.25, -0.2) is 4.79 Å². The van der Waals surface area contributed by atoms with Gasteiger partial charge in [0.1, 0.15) is 17.1 Å². The lowest BCUT2D eigenvalue weighted by Crippen LogP contribution is -2.18. The number of aromatic carboxylic acids is 1. The number of ether oxygens (including phenoxy) is 2. The fourth-order valence-electron chi connectivity index (χ4n) is 3.79. The van der Waals surface area contributed by atoms with E-state index in [4.69, 9.17) is 9.47 Å². The molecule has 0 unspecified atom stereocenters. The van der Waals surface area contributed by atoms with Crippen molar-refractivity contribution in [2.24, 2.45) is 0 Å². The summed E-state index contributed by atoms with van der Waals surface area (Å²) >= 11 is 3.44. The summed E-state index contributed by atoms with van der Waals surface area (Å²) in [6.07, 6.45) is 6.77. The van der Waals surface area contributed by atoms with E-state index in [9.17, 15) is 19.5 Å². The second-order valence-corrected chi connectivity index (χ2v) is 8.93. The largest absolute Gasteiger partial charge is 0.497 e. The number of alkyl halides is 1. The molecular weight excluding hydrogens is 516 g/mol. The molecule has 186 valence electrons. The predicted octanol–water partition coefficient (Wildman–Crippen LogP) is 5.38. The Kier molecular flexibility index (Phi) is 9.31. The fraction of sp³-hybridized carbons (Fsp3) is 0.346. The van der Waals surface area contributed by atoms with E-state index in [1.807, 2.05) is 0 Å². The summed E-state index contributed by atoms with van der Waals surface area (Å²) in [5, 5.41) is 13.6. The molecular formula is C26H29BrN2O6. The number of aromatic nitrogens is 1. The average Bonchev–Trinajstić information content (AvgIpc) is 2.82. The molecule has 2 aromatic carbocycles. The molecule has 9 heteroatoms.